The van der Waals surface area contributed by atoms with E-state index in [1.165, 1.54) is 6.42 Å². The molecule has 5 heteroatoms. The van der Waals surface area contributed by atoms with E-state index in [1.807, 2.05) is 41.4 Å². The first-order valence-electron chi connectivity index (χ1n) is 8.87. The number of hydrogen-bond acceptors (Lipinski definition) is 4. The van der Waals surface area contributed by atoms with E-state index in [1.54, 1.807) is 17.5 Å². The fourth-order valence-corrected chi connectivity index (χ4v) is 4.43. The van der Waals surface area contributed by atoms with Crippen LogP contribution in [-0.2, 0) is 11.3 Å². The lowest BCUT2D eigenvalue weighted by Gasteiger charge is -2.27. The lowest BCUT2D eigenvalue weighted by molar-refractivity contribution is -0.123. The molecule has 4 nitrogen and oxygen atoms in total. The van der Waals surface area contributed by atoms with Gasteiger partial charge in [-0.05, 0) is 36.6 Å². The van der Waals surface area contributed by atoms with Crippen molar-refractivity contribution < 1.29 is 4.79 Å². The third-order valence-electron chi connectivity index (χ3n) is 4.80. The first kappa shape index (κ1) is 16.2. The van der Waals surface area contributed by atoms with Gasteiger partial charge in [0.1, 0.15) is 0 Å². The third-order valence-corrected chi connectivity index (χ3v) is 5.86. The van der Waals surface area contributed by atoms with Gasteiger partial charge in [0.2, 0.25) is 5.91 Å². The highest BCUT2D eigenvalue weighted by Gasteiger charge is 2.28. The first-order chi connectivity index (χ1) is 12.3. The van der Waals surface area contributed by atoms with Crippen molar-refractivity contribution in [1.82, 2.24) is 9.97 Å². The van der Waals surface area contributed by atoms with Gasteiger partial charge in [-0.3, -0.25) is 14.7 Å². The average molecular weight is 351 g/mol. The van der Waals surface area contributed by atoms with Crippen LogP contribution in [0.2, 0.25) is 0 Å². The zero-order valence-corrected chi connectivity index (χ0v) is 14.9. The molecule has 1 fully saturated rings. The molecule has 0 saturated heterocycles. The molecule has 0 atom stereocenters. The Morgan fingerprint density at radius 2 is 1.96 bits per heavy atom. The van der Waals surface area contributed by atoms with Crippen LogP contribution in [-0.4, -0.2) is 15.9 Å². The van der Waals surface area contributed by atoms with Crippen LogP contribution in [0.5, 0.6) is 0 Å². The summed E-state index contributed by atoms with van der Waals surface area (Å²) in [5.74, 6) is 0.333. The molecule has 0 spiro atoms. The monoisotopic (exact) mass is 351 g/mol. The van der Waals surface area contributed by atoms with E-state index in [-0.39, 0.29) is 11.8 Å². The molecule has 0 N–H and O–H groups in total. The fraction of sp³-hybridized carbons (Fsp3) is 0.350. The summed E-state index contributed by atoms with van der Waals surface area (Å²) in [5, 5.41) is 0.792. The van der Waals surface area contributed by atoms with Gasteiger partial charge in [-0.15, -0.1) is 0 Å². The Morgan fingerprint density at radius 3 is 2.72 bits per heavy atom. The average Bonchev–Trinajstić information content (AvgIpc) is 3.11. The molecule has 0 unspecified atom stereocenters. The Morgan fingerprint density at radius 1 is 1.12 bits per heavy atom. The second-order valence-electron chi connectivity index (χ2n) is 6.58. The molecule has 1 aromatic carbocycles. The van der Waals surface area contributed by atoms with E-state index in [0.29, 0.717) is 6.54 Å². The standard InChI is InChI=1S/C20H21N3OS/c24-19(16-8-2-1-3-9-16)23(14-15-7-6-12-21-13-15)20-22-17-10-4-5-11-18(17)25-20/h4-7,10-13,16H,1-3,8-9,14H2. The number of anilines is 1. The van der Waals surface area contributed by atoms with Crippen LogP contribution < -0.4 is 4.90 Å². The normalized spacial score (nSPS) is 15.4. The van der Waals surface area contributed by atoms with Gasteiger partial charge in [-0.2, -0.15) is 0 Å². The van der Waals surface area contributed by atoms with Crippen molar-refractivity contribution in [1.29, 1.82) is 0 Å². The third kappa shape index (κ3) is 3.56. The van der Waals surface area contributed by atoms with Crippen LogP contribution in [0.15, 0.2) is 48.8 Å². The molecule has 0 bridgehead atoms. The van der Waals surface area contributed by atoms with Crippen molar-refractivity contribution in [2.75, 3.05) is 4.90 Å². The molecule has 1 aliphatic carbocycles. The van der Waals surface area contributed by atoms with Crippen molar-refractivity contribution >= 4 is 32.6 Å². The Bertz CT molecular complexity index is 823. The minimum atomic E-state index is 0.123. The van der Waals surface area contributed by atoms with Gasteiger partial charge < -0.3 is 0 Å². The number of amides is 1. The van der Waals surface area contributed by atoms with Gasteiger partial charge in [0.25, 0.3) is 0 Å². The summed E-state index contributed by atoms with van der Waals surface area (Å²) in [6.07, 6.45) is 9.12. The summed E-state index contributed by atoms with van der Waals surface area (Å²) >= 11 is 1.59. The highest BCUT2D eigenvalue weighted by Crippen LogP contribution is 2.33. The molecule has 0 radical (unpaired) electrons. The molecular formula is C20H21N3OS. The summed E-state index contributed by atoms with van der Waals surface area (Å²) in [4.78, 5) is 24.0. The van der Waals surface area contributed by atoms with Gasteiger partial charge in [0.05, 0.1) is 16.8 Å². The number of rotatable bonds is 4. The highest BCUT2D eigenvalue weighted by atomic mass is 32.1. The summed E-state index contributed by atoms with van der Waals surface area (Å²) in [7, 11) is 0. The topological polar surface area (TPSA) is 46.1 Å². The molecule has 1 aliphatic rings. The number of carbonyl (C=O) groups is 1. The smallest absolute Gasteiger partial charge is 0.232 e. The van der Waals surface area contributed by atoms with E-state index in [2.05, 4.69) is 11.1 Å². The maximum absolute atomic E-state index is 13.3. The Hall–Kier alpha value is -2.27. The number of thiazole rings is 1. The molecule has 4 rings (SSSR count). The molecule has 1 amide bonds. The fourth-order valence-electron chi connectivity index (χ4n) is 3.46. The number of nitrogens with zero attached hydrogens (tertiary/aromatic N) is 3. The van der Waals surface area contributed by atoms with Gasteiger partial charge in [-0.1, -0.05) is 48.8 Å². The Balaban J connectivity index is 1.68. The number of aromatic nitrogens is 2. The molecule has 1 saturated carbocycles. The van der Waals surface area contributed by atoms with Crippen LogP contribution in [0.4, 0.5) is 5.13 Å². The zero-order valence-electron chi connectivity index (χ0n) is 14.1. The van der Waals surface area contributed by atoms with Crippen molar-refractivity contribution in [3.63, 3.8) is 0 Å². The van der Waals surface area contributed by atoms with Crippen LogP contribution in [0.25, 0.3) is 10.2 Å². The maximum Gasteiger partial charge on any atom is 0.232 e. The van der Waals surface area contributed by atoms with Gasteiger partial charge in [-0.25, -0.2) is 4.98 Å². The van der Waals surface area contributed by atoms with Crippen LogP contribution in [0.3, 0.4) is 0 Å². The second kappa shape index (κ2) is 7.31. The van der Waals surface area contributed by atoms with Crippen LogP contribution in [0.1, 0.15) is 37.7 Å². The SMILES string of the molecule is O=C(C1CCCCC1)N(Cc1cccnc1)c1nc2ccccc2s1. The highest BCUT2D eigenvalue weighted by molar-refractivity contribution is 7.22. The number of carbonyl (C=O) groups excluding carboxylic acids is 1. The van der Waals surface area contributed by atoms with E-state index >= 15 is 0 Å². The molecule has 0 aliphatic heterocycles. The number of benzene rings is 1. The largest absolute Gasteiger partial charge is 0.283 e. The molecular weight excluding hydrogens is 330 g/mol. The molecule has 25 heavy (non-hydrogen) atoms. The van der Waals surface area contributed by atoms with E-state index in [0.717, 1.165) is 46.6 Å². The van der Waals surface area contributed by atoms with Gasteiger partial charge >= 0.3 is 0 Å². The number of hydrogen-bond donors (Lipinski definition) is 0. The van der Waals surface area contributed by atoms with E-state index in [9.17, 15) is 4.79 Å². The van der Waals surface area contributed by atoms with E-state index < -0.39 is 0 Å². The van der Waals surface area contributed by atoms with Crippen molar-refractivity contribution in [3.8, 4) is 0 Å². The summed E-state index contributed by atoms with van der Waals surface area (Å²) in [6, 6.07) is 12.0. The minimum absolute atomic E-state index is 0.123. The molecule has 2 heterocycles. The van der Waals surface area contributed by atoms with Crippen molar-refractivity contribution in [3.05, 3.63) is 54.4 Å². The van der Waals surface area contributed by atoms with E-state index in [4.69, 9.17) is 4.98 Å². The van der Waals surface area contributed by atoms with Gasteiger partial charge in [0, 0.05) is 18.3 Å². The summed E-state index contributed by atoms with van der Waals surface area (Å²) in [6.45, 7) is 0.531. The second-order valence-corrected chi connectivity index (χ2v) is 7.59. The maximum atomic E-state index is 13.3. The van der Waals surface area contributed by atoms with Gasteiger partial charge in [0.15, 0.2) is 5.13 Å². The number of pyridine rings is 1. The number of para-hydroxylation sites is 1. The quantitative estimate of drug-likeness (QED) is 0.678. The Labute approximate surface area is 151 Å². The summed E-state index contributed by atoms with van der Waals surface area (Å²) < 4.78 is 1.12. The lowest BCUT2D eigenvalue weighted by atomic mass is 9.88. The minimum Gasteiger partial charge on any atom is -0.283 e. The predicted molar refractivity (Wildman–Crippen MR) is 102 cm³/mol. The number of fused-ring (bicyclic) bond motifs is 1. The van der Waals surface area contributed by atoms with Crippen molar-refractivity contribution in [2.24, 2.45) is 5.92 Å². The molecule has 3 aromatic rings. The van der Waals surface area contributed by atoms with Crippen molar-refractivity contribution in [2.45, 2.75) is 38.6 Å². The first-order valence-corrected chi connectivity index (χ1v) is 9.69. The zero-order chi connectivity index (χ0) is 17.1. The van der Waals surface area contributed by atoms with Crippen LogP contribution in [0, 0.1) is 5.92 Å². The Kier molecular flexibility index (Phi) is 4.74. The lowest BCUT2D eigenvalue weighted by Crippen LogP contribution is -2.36. The molecule has 2 aromatic heterocycles. The predicted octanol–water partition coefficient (Wildman–Crippen LogP) is 4.80. The van der Waals surface area contributed by atoms with Crippen LogP contribution >= 0.6 is 11.3 Å². The molecule has 128 valence electrons. The summed E-state index contributed by atoms with van der Waals surface area (Å²) in [5.41, 5.74) is 1.99.